The molecule has 110 valence electrons. The average molecular weight is 296 g/mol. The van der Waals surface area contributed by atoms with Gasteiger partial charge >= 0.3 is 5.97 Å². The van der Waals surface area contributed by atoms with Crippen molar-refractivity contribution < 1.29 is 14.3 Å². The molecule has 22 heavy (non-hydrogen) atoms. The van der Waals surface area contributed by atoms with E-state index in [1.807, 2.05) is 0 Å². The minimum absolute atomic E-state index is 0.433. The summed E-state index contributed by atoms with van der Waals surface area (Å²) in [5.74, 6) is 0.692. The number of hydrogen-bond donors (Lipinski definition) is 0. The maximum atomic E-state index is 12.0. The molecular weight excluding hydrogens is 284 g/mol. The predicted molar refractivity (Wildman–Crippen MR) is 77.1 cm³/mol. The highest BCUT2D eigenvalue weighted by Gasteiger charge is 2.09. The lowest BCUT2D eigenvalue weighted by molar-refractivity contribution is 0.0734. The topological polar surface area (TPSA) is 79.1 Å². The molecule has 0 aliphatic heterocycles. The van der Waals surface area contributed by atoms with Gasteiger partial charge in [-0.2, -0.15) is 0 Å². The summed E-state index contributed by atoms with van der Waals surface area (Å²) in [4.78, 5) is 12.0. The van der Waals surface area contributed by atoms with E-state index in [0.717, 1.165) is 5.69 Å². The molecule has 0 aliphatic rings. The lowest BCUT2D eigenvalue weighted by Crippen LogP contribution is -2.08. The molecule has 0 unspecified atom stereocenters. The van der Waals surface area contributed by atoms with Crippen LogP contribution in [0.4, 0.5) is 0 Å². The number of carbonyl (C=O) groups is 1. The van der Waals surface area contributed by atoms with Crippen LogP contribution in [0, 0.1) is 0 Å². The van der Waals surface area contributed by atoms with Gasteiger partial charge in [0.25, 0.3) is 0 Å². The monoisotopic (exact) mass is 296 g/mol. The molecule has 1 aromatic heterocycles. The molecule has 0 spiro atoms. The molecule has 0 aliphatic carbocycles. The van der Waals surface area contributed by atoms with Crippen molar-refractivity contribution in [1.29, 1.82) is 0 Å². The van der Waals surface area contributed by atoms with Crippen molar-refractivity contribution in [2.75, 3.05) is 7.11 Å². The Morgan fingerprint density at radius 2 is 1.68 bits per heavy atom. The zero-order chi connectivity index (χ0) is 15.4. The van der Waals surface area contributed by atoms with Crippen molar-refractivity contribution in [3.8, 4) is 17.2 Å². The second-order valence-corrected chi connectivity index (χ2v) is 4.37. The number of aromatic nitrogens is 4. The highest BCUT2D eigenvalue weighted by molar-refractivity contribution is 5.91. The summed E-state index contributed by atoms with van der Waals surface area (Å²) in [6, 6.07) is 13.6. The number of nitrogens with zero attached hydrogens (tertiary/aromatic N) is 4. The fourth-order valence-corrected chi connectivity index (χ4v) is 1.84. The van der Waals surface area contributed by atoms with Gasteiger partial charge in [0.05, 0.1) is 18.4 Å². The van der Waals surface area contributed by atoms with Crippen molar-refractivity contribution in [3.05, 3.63) is 60.4 Å². The maximum Gasteiger partial charge on any atom is 0.343 e. The van der Waals surface area contributed by atoms with Crippen LogP contribution in [0.25, 0.3) is 5.69 Å². The maximum absolute atomic E-state index is 12.0. The van der Waals surface area contributed by atoms with Crippen LogP contribution in [-0.2, 0) is 0 Å². The summed E-state index contributed by atoms with van der Waals surface area (Å²) >= 11 is 0. The summed E-state index contributed by atoms with van der Waals surface area (Å²) in [6.45, 7) is 0. The number of esters is 1. The van der Waals surface area contributed by atoms with Crippen LogP contribution < -0.4 is 9.47 Å². The first-order valence-corrected chi connectivity index (χ1v) is 6.46. The third-order valence-corrected chi connectivity index (χ3v) is 2.99. The highest BCUT2D eigenvalue weighted by atomic mass is 16.5. The Morgan fingerprint density at radius 1 is 1.00 bits per heavy atom. The van der Waals surface area contributed by atoms with Gasteiger partial charge in [0.2, 0.25) is 0 Å². The fourth-order valence-electron chi connectivity index (χ4n) is 1.84. The molecule has 3 aromatic rings. The first-order valence-electron chi connectivity index (χ1n) is 6.46. The second-order valence-electron chi connectivity index (χ2n) is 4.37. The Morgan fingerprint density at radius 3 is 2.27 bits per heavy atom. The summed E-state index contributed by atoms with van der Waals surface area (Å²) in [6.07, 6.45) is 1.48. The molecule has 2 aromatic carbocycles. The Kier molecular flexibility index (Phi) is 3.78. The first kappa shape index (κ1) is 13.7. The molecule has 0 radical (unpaired) electrons. The number of ether oxygens (including phenoxy) is 2. The standard InChI is InChI=1S/C15H12N4O3/c1-21-13-6-2-11(3-7-13)15(20)22-14-8-4-12(5-9-14)19-10-16-17-18-19/h2-10H,1H3. The van der Waals surface area contributed by atoms with E-state index < -0.39 is 5.97 Å². The van der Waals surface area contributed by atoms with E-state index in [-0.39, 0.29) is 0 Å². The largest absolute Gasteiger partial charge is 0.497 e. The van der Waals surface area contributed by atoms with Crippen molar-refractivity contribution >= 4 is 5.97 Å². The molecule has 0 N–H and O–H groups in total. The summed E-state index contributed by atoms with van der Waals surface area (Å²) in [5.41, 5.74) is 1.22. The summed E-state index contributed by atoms with van der Waals surface area (Å²) in [5, 5.41) is 10.9. The van der Waals surface area contributed by atoms with Crippen LogP contribution in [0.5, 0.6) is 11.5 Å². The summed E-state index contributed by atoms with van der Waals surface area (Å²) < 4.78 is 11.9. The van der Waals surface area contributed by atoms with Crippen LogP contribution in [0.1, 0.15) is 10.4 Å². The van der Waals surface area contributed by atoms with E-state index in [1.165, 1.54) is 11.0 Å². The Hall–Kier alpha value is -3.22. The van der Waals surface area contributed by atoms with Crippen LogP contribution >= 0.6 is 0 Å². The lowest BCUT2D eigenvalue weighted by atomic mass is 10.2. The average Bonchev–Trinajstić information content (AvgIpc) is 3.10. The van der Waals surface area contributed by atoms with Gasteiger partial charge in [0.1, 0.15) is 17.8 Å². The Bertz CT molecular complexity index is 752. The van der Waals surface area contributed by atoms with Crippen molar-refractivity contribution in [3.63, 3.8) is 0 Å². The zero-order valence-electron chi connectivity index (χ0n) is 11.7. The van der Waals surface area contributed by atoms with Crippen LogP contribution in [0.15, 0.2) is 54.9 Å². The quantitative estimate of drug-likeness (QED) is 0.540. The molecule has 0 atom stereocenters. The molecular formula is C15H12N4O3. The van der Waals surface area contributed by atoms with Gasteiger partial charge in [-0.3, -0.25) is 0 Å². The molecule has 1 heterocycles. The third-order valence-electron chi connectivity index (χ3n) is 2.99. The summed E-state index contributed by atoms with van der Waals surface area (Å²) in [7, 11) is 1.57. The van der Waals surface area contributed by atoms with Crippen molar-refractivity contribution in [1.82, 2.24) is 20.2 Å². The molecule has 0 saturated carbocycles. The van der Waals surface area contributed by atoms with Crippen LogP contribution in [0.2, 0.25) is 0 Å². The smallest absolute Gasteiger partial charge is 0.343 e. The van der Waals surface area contributed by atoms with E-state index in [1.54, 1.807) is 55.6 Å². The van der Waals surface area contributed by atoms with E-state index >= 15 is 0 Å². The Balaban J connectivity index is 1.71. The second kappa shape index (κ2) is 6.04. The van der Waals surface area contributed by atoms with Gasteiger partial charge < -0.3 is 9.47 Å². The predicted octanol–water partition coefficient (Wildman–Crippen LogP) is 1.89. The lowest BCUT2D eigenvalue weighted by Gasteiger charge is -2.06. The molecule has 0 fully saturated rings. The van der Waals surface area contributed by atoms with Gasteiger partial charge in [0, 0.05) is 0 Å². The Labute approximate surface area is 126 Å². The minimum atomic E-state index is -0.433. The first-order chi connectivity index (χ1) is 10.8. The normalized spacial score (nSPS) is 10.2. The number of hydrogen-bond acceptors (Lipinski definition) is 6. The number of rotatable bonds is 4. The molecule has 7 heteroatoms. The van der Waals surface area contributed by atoms with Gasteiger partial charge in [0.15, 0.2) is 0 Å². The highest BCUT2D eigenvalue weighted by Crippen LogP contribution is 2.17. The van der Waals surface area contributed by atoms with E-state index in [2.05, 4.69) is 15.5 Å². The number of carbonyl (C=O) groups excluding carboxylic acids is 1. The van der Waals surface area contributed by atoms with Crippen LogP contribution in [-0.4, -0.2) is 33.3 Å². The molecule has 3 rings (SSSR count). The zero-order valence-corrected chi connectivity index (χ0v) is 11.7. The molecule has 0 amide bonds. The SMILES string of the molecule is COc1ccc(C(=O)Oc2ccc(-n3cnnn3)cc2)cc1. The van der Waals surface area contributed by atoms with Crippen molar-refractivity contribution in [2.24, 2.45) is 0 Å². The number of benzene rings is 2. The third kappa shape index (κ3) is 2.93. The van der Waals surface area contributed by atoms with Gasteiger partial charge in [-0.15, -0.1) is 5.10 Å². The van der Waals surface area contributed by atoms with Crippen LogP contribution in [0.3, 0.4) is 0 Å². The van der Waals surface area contributed by atoms with E-state index in [9.17, 15) is 4.79 Å². The van der Waals surface area contributed by atoms with Gasteiger partial charge in [-0.05, 0) is 59.0 Å². The minimum Gasteiger partial charge on any atom is -0.497 e. The van der Waals surface area contributed by atoms with E-state index in [0.29, 0.717) is 17.1 Å². The molecule has 0 bridgehead atoms. The van der Waals surface area contributed by atoms with Gasteiger partial charge in [-0.25, -0.2) is 9.48 Å². The number of tetrazole rings is 1. The van der Waals surface area contributed by atoms with Gasteiger partial charge in [-0.1, -0.05) is 0 Å². The fraction of sp³-hybridized carbons (Fsp3) is 0.0667. The van der Waals surface area contributed by atoms with E-state index in [4.69, 9.17) is 9.47 Å². The molecule has 0 saturated heterocycles. The molecule has 7 nitrogen and oxygen atoms in total. The van der Waals surface area contributed by atoms with Crippen molar-refractivity contribution in [2.45, 2.75) is 0 Å². The number of methoxy groups -OCH3 is 1.